The van der Waals surface area contributed by atoms with Gasteiger partial charge in [0.25, 0.3) is 0 Å². The van der Waals surface area contributed by atoms with Crippen LogP contribution in [0.1, 0.15) is 5.56 Å². The van der Waals surface area contributed by atoms with Crippen molar-refractivity contribution in [1.29, 1.82) is 5.26 Å². The minimum Gasteiger partial charge on any atom is -0.384 e. The van der Waals surface area contributed by atoms with Crippen LogP contribution in [0.5, 0.6) is 0 Å². The fourth-order valence-electron chi connectivity index (χ4n) is 3.78. The summed E-state index contributed by atoms with van der Waals surface area (Å²) in [5, 5.41) is 10.9. The number of hydrogen-bond acceptors (Lipinski definition) is 3. The fraction of sp³-hybridized carbons (Fsp3) is 0. The van der Waals surface area contributed by atoms with Gasteiger partial charge in [-0.3, -0.25) is 4.40 Å². The highest BCUT2D eigenvalue weighted by Crippen LogP contribution is 2.38. The van der Waals surface area contributed by atoms with Crippen LogP contribution in [0.3, 0.4) is 0 Å². The average Bonchev–Trinajstić information content (AvgIpc) is 3.17. The second-order valence-corrected chi connectivity index (χ2v) is 6.76. The first-order valence-electron chi connectivity index (χ1n) is 9.13. The highest BCUT2D eigenvalue weighted by Gasteiger charge is 2.22. The number of pyridine rings is 1. The van der Waals surface area contributed by atoms with Gasteiger partial charge in [-0.15, -0.1) is 0 Å². The molecule has 4 nitrogen and oxygen atoms in total. The van der Waals surface area contributed by atoms with Crippen LogP contribution >= 0.6 is 0 Å². The molecule has 0 bridgehead atoms. The molecule has 138 valence electrons. The molecule has 2 N–H and O–H groups in total. The molecule has 0 aliphatic rings. The van der Waals surface area contributed by atoms with Crippen LogP contribution < -0.4 is 5.73 Å². The third kappa shape index (κ3) is 2.54. The summed E-state index contributed by atoms with van der Waals surface area (Å²) in [5.74, 6) is -0.103. The maximum Gasteiger partial charge on any atom is 0.147 e. The number of rotatable bonds is 2. The highest BCUT2D eigenvalue weighted by atomic mass is 19.1. The average molecular weight is 378 g/mol. The topological polar surface area (TPSA) is 67.1 Å². The van der Waals surface area contributed by atoms with Gasteiger partial charge in [-0.25, -0.2) is 9.37 Å². The minimum atomic E-state index is -0.390. The molecule has 0 amide bonds. The number of nitrogens with two attached hydrogens (primary N) is 1. The van der Waals surface area contributed by atoms with E-state index in [0.717, 1.165) is 22.5 Å². The number of nitrogen functional groups attached to an aromatic ring is 1. The summed E-state index contributed by atoms with van der Waals surface area (Å²) in [6.07, 6.45) is 0. The van der Waals surface area contributed by atoms with Crippen LogP contribution in [0.15, 0.2) is 78.9 Å². The summed E-state index contributed by atoms with van der Waals surface area (Å²) in [5.41, 5.74) is 10.6. The molecule has 0 fully saturated rings. The van der Waals surface area contributed by atoms with E-state index in [1.54, 1.807) is 10.5 Å². The molecule has 5 aromatic rings. The molecule has 0 aliphatic carbocycles. The predicted molar refractivity (Wildman–Crippen MR) is 113 cm³/mol. The zero-order valence-corrected chi connectivity index (χ0v) is 15.3. The Morgan fingerprint density at radius 3 is 2.17 bits per heavy atom. The molecule has 5 heteroatoms. The summed E-state index contributed by atoms with van der Waals surface area (Å²) >= 11 is 0. The van der Waals surface area contributed by atoms with E-state index < -0.39 is 5.82 Å². The van der Waals surface area contributed by atoms with E-state index >= 15 is 0 Å². The van der Waals surface area contributed by atoms with Gasteiger partial charge >= 0.3 is 0 Å². The molecule has 0 unspecified atom stereocenters. The zero-order chi connectivity index (χ0) is 20.0. The maximum absolute atomic E-state index is 14.1. The number of imidazole rings is 1. The lowest BCUT2D eigenvalue weighted by molar-refractivity contribution is 0.630. The molecule has 3 aromatic carbocycles. The molecule has 0 saturated heterocycles. The molecular weight excluding hydrogens is 363 g/mol. The number of nitrogens with zero attached hydrogens (tertiary/aromatic N) is 3. The Morgan fingerprint density at radius 1 is 0.862 bits per heavy atom. The first-order valence-corrected chi connectivity index (χ1v) is 9.13. The van der Waals surface area contributed by atoms with Crippen LogP contribution in [0, 0.1) is 17.1 Å². The Bertz CT molecular complexity index is 1410. The summed E-state index contributed by atoms with van der Waals surface area (Å²) < 4.78 is 15.9. The zero-order valence-electron chi connectivity index (χ0n) is 15.3. The van der Waals surface area contributed by atoms with Crippen LogP contribution in [0.25, 0.3) is 38.9 Å². The van der Waals surface area contributed by atoms with Crippen molar-refractivity contribution in [1.82, 2.24) is 9.38 Å². The Balaban J connectivity index is 2.04. The minimum absolute atomic E-state index is 0.287. The van der Waals surface area contributed by atoms with Crippen molar-refractivity contribution in [3.05, 3.63) is 90.2 Å². The summed E-state index contributed by atoms with van der Waals surface area (Å²) in [6, 6.07) is 26.0. The normalized spacial score (nSPS) is 11.0. The number of nitriles is 1. The van der Waals surface area contributed by atoms with Crippen molar-refractivity contribution in [3.8, 4) is 28.6 Å². The molecule has 0 aliphatic heterocycles. The molecule has 0 atom stereocenters. The van der Waals surface area contributed by atoms with E-state index in [0.29, 0.717) is 22.0 Å². The van der Waals surface area contributed by atoms with Gasteiger partial charge in [0.15, 0.2) is 0 Å². The van der Waals surface area contributed by atoms with Crippen molar-refractivity contribution in [2.24, 2.45) is 0 Å². The van der Waals surface area contributed by atoms with E-state index in [1.165, 1.54) is 12.1 Å². The van der Waals surface area contributed by atoms with Crippen LogP contribution in [0.4, 0.5) is 10.2 Å². The molecule has 5 rings (SSSR count). The molecule has 29 heavy (non-hydrogen) atoms. The highest BCUT2D eigenvalue weighted by molar-refractivity contribution is 6.03. The van der Waals surface area contributed by atoms with Gasteiger partial charge in [-0.05, 0) is 18.2 Å². The van der Waals surface area contributed by atoms with Gasteiger partial charge in [0, 0.05) is 21.9 Å². The summed E-state index contributed by atoms with van der Waals surface area (Å²) in [7, 11) is 0. The molecule has 0 radical (unpaired) electrons. The standard InChI is InChI=1S/C24H15FN4/c25-17-11-12-18-19(13-17)24-28-21(15-7-3-1-4-8-15)22(16-9-5-2-6-10-16)29(24)23(27)20(18)14-26/h1-13H,27H2. The predicted octanol–water partition coefficient (Wildman–Crippen LogP) is 5.41. The number of halogens is 1. The van der Waals surface area contributed by atoms with Gasteiger partial charge in [0.1, 0.15) is 28.9 Å². The van der Waals surface area contributed by atoms with Crippen molar-refractivity contribution < 1.29 is 4.39 Å². The Hall–Kier alpha value is -4.17. The first kappa shape index (κ1) is 17.0. The summed E-state index contributed by atoms with van der Waals surface area (Å²) in [6.45, 7) is 0. The third-order valence-electron chi connectivity index (χ3n) is 5.07. The van der Waals surface area contributed by atoms with E-state index in [9.17, 15) is 9.65 Å². The Morgan fingerprint density at radius 2 is 1.52 bits per heavy atom. The number of fused-ring (bicyclic) bond motifs is 3. The molecular formula is C24H15FN4. The van der Waals surface area contributed by atoms with E-state index in [-0.39, 0.29) is 5.82 Å². The number of benzene rings is 3. The van der Waals surface area contributed by atoms with Crippen LogP contribution in [-0.2, 0) is 0 Å². The van der Waals surface area contributed by atoms with Gasteiger partial charge in [-0.2, -0.15) is 5.26 Å². The van der Waals surface area contributed by atoms with E-state index in [4.69, 9.17) is 10.7 Å². The van der Waals surface area contributed by atoms with Crippen molar-refractivity contribution in [3.63, 3.8) is 0 Å². The SMILES string of the molecule is N#Cc1c(N)n2c(-c3ccccc3)c(-c3ccccc3)nc2c2cc(F)ccc12. The lowest BCUT2D eigenvalue weighted by Gasteiger charge is -2.11. The number of anilines is 1. The quantitative estimate of drug-likeness (QED) is 0.446. The number of aromatic nitrogens is 2. The summed E-state index contributed by atoms with van der Waals surface area (Å²) in [4.78, 5) is 4.87. The lowest BCUT2D eigenvalue weighted by atomic mass is 10.0. The molecule has 0 saturated carbocycles. The monoisotopic (exact) mass is 378 g/mol. The van der Waals surface area contributed by atoms with Crippen molar-refractivity contribution >= 4 is 22.2 Å². The molecule has 2 aromatic heterocycles. The van der Waals surface area contributed by atoms with Crippen molar-refractivity contribution in [2.45, 2.75) is 0 Å². The first-order chi connectivity index (χ1) is 14.2. The van der Waals surface area contributed by atoms with E-state index in [1.807, 2.05) is 60.7 Å². The van der Waals surface area contributed by atoms with Crippen LogP contribution in [-0.4, -0.2) is 9.38 Å². The fourth-order valence-corrected chi connectivity index (χ4v) is 3.78. The second kappa shape index (κ2) is 6.47. The van der Waals surface area contributed by atoms with Gasteiger partial charge in [0.05, 0.1) is 11.4 Å². The van der Waals surface area contributed by atoms with Gasteiger partial charge in [-0.1, -0.05) is 60.7 Å². The lowest BCUT2D eigenvalue weighted by Crippen LogP contribution is -2.03. The molecule has 2 heterocycles. The Kier molecular flexibility index (Phi) is 3.78. The second-order valence-electron chi connectivity index (χ2n) is 6.76. The van der Waals surface area contributed by atoms with Crippen molar-refractivity contribution in [2.75, 3.05) is 5.73 Å². The Labute approximate surface area is 166 Å². The van der Waals surface area contributed by atoms with Crippen LogP contribution in [0.2, 0.25) is 0 Å². The molecule has 0 spiro atoms. The van der Waals surface area contributed by atoms with Gasteiger partial charge in [0.2, 0.25) is 0 Å². The third-order valence-corrected chi connectivity index (χ3v) is 5.07. The largest absolute Gasteiger partial charge is 0.384 e. The van der Waals surface area contributed by atoms with E-state index in [2.05, 4.69) is 6.07 Å². The smallest absolute Gasteiger partial charge is 0.147 e. The number of hydrogen-bond donors (Lipinski definition) is 1. The maximum atomic E-state index is 14.1. The van der Waals surface area contributed by atoms with Gasteiger partial charge < -0.3 is 5.73 Å².